The second kappa shape index (κ2) is 5.96. The molecule has 1 aliphatic heterocycles. The van der Waals surface area contributed by atoms with Gasteiger partial charge in [0, 0.05) is 18.9 Å². The van der Waals surface area contributed by atoms with Crippen LogP contribution in [0, 0.1) is 0 Å². The van der Waals surface area contributed by atoms with Gasteiger partial charge in [-0.3, -0.25) is 0 Å². The second-order valence-electron chi connectivity index (χ2n) is 5.57. The van der Waals surface area contributed by atoms with E-state index >= 15 is 0 Å². The van der Waals surface area contributed by atoms with Gasteiger partial charge in [0.1, 0.15) is 5.82 Å². The van der Waals surface area contributed by atoms with Crippen LogP contribution in [0.3, 0.4) is 0 Å². The van der Waals surface area contributed by atoms with Crippen LogP contribution in [0.4, 0.5) is 0 Å². The van der Waals surface area contributed by atoms with Gasteiger partial charge in [-0.05, 0) is 18.6 Å². The summed E-state index contributed by atoms with van der Waals surface area (Å²) in [6, 6.07) is 3.91. The molecule has 0 bridgehead atoms. The molecule has 0 saturated heterocycles. The number of fused-ring (bicyclic) bond motifs is 1. The number of nitrogens with one attached hydrogen (secondary N) is 1. The van der Waals surface area contributed by atoms with Gasteiger partial charge in [0.2, 0.25) is 5.89 Å². The largest absolute Gasteiger partial charge is 0.459 e. The van der Waals surface area contributed by atoms with Gasteiger partial charge in [0.05, 0.1) is 19.4 Å². The van der Waals surface area contributed by atoms with E-state index in [1.54, 1.807) is 18.4 Å². The maximum atomic E-state index is 5.60. The van der Waals surface area contributed by atoms with Gasteiger partial charge in [0.25, 0.3) is 5.89 Å². The quantitative estimate of drug-likeness (QED) is 0.764. The summed E-state index contributed by atoms with van der Waals surface area (Å²) in [5.41, 5.74) is 0. The maximum Gasteiger partial charge on any atom is 0.283 e. The van der Waals surface area contributed by atoms with Crippen LogP contribution in [0.15, 0.2) is 27.2 Å². The smallest absolute Gasteiger partial charge is 0.283 e. The molecule has 4 heterocycles. The van der Waals surface area contributed by atoms with E-state index in [0.717, 1.165) is 37.5 Å². The number of aromatic nitrogens is 5. The molecule has 0 aliphatic carbocycles. The minimum absolute atomic E-state index is 0.327. The van der Waals surface area contributed by atoms with E-state index in [4.69, 9.17) is 8.83 Å². The lowest BCUT2D eigenvalue weighted by Crippen LogP contribution is -2.37. The van der Waals surface area contributed by atoms with Crippen LogP contribution in [0.2, 0.25) is 0 Å². The van der Waals surface area contributed by atoms with E-state index in [2.05, 4.69) is 32.5 Å². The van der Waals surface area contributed by atoms with Gasteiger partial charge in [-0.1, -0.05) is 6.92 Å². The number of hydrogen-bond acceptors (Lipinski definition) is 7. The molecule has 0 spiro atoms. The molecule has 120 valence electrons. The Labute approximate surface area is 132 Å². The normalized spacial score (nSPS) is 17.3. The summed E-state index contributed by atoms with van der Waals surface area (Å²) in [5.74, 6) is 3.54. The number of rotatable bonds is 5. The van der Waals surface area contributed by atoms with E-state index in [1.807, 2.05) is 4.68 Å². The first-order valence-corrected chi connectivity index (χ1v) is 7.84. The molecule has 0 saturated carbocycles. The molecular formula is C15H18N6O2. The molecule has 0 aromatic carbocycles. The van der Waals surface area contributed by atoms with Crippen molar-refractivity contribution in [3.05, 3.63) is 35.9 Å². The van der Waals surface area contributed by atoms with Crippen molar-refractivity contribution in [1.82, 2.24) is 30.3 Å². The predicted molar refractivity (Wildman–Crippen MR) is 80.3 cm³/mol. The van der Waals surface area contributed by atoms with Crippen LogP contribution in [0.1, 0.15) is 30.9 Å². The van der Waals surface area contributed by atoms with Crippen molar-refractivity contribution in [2.75, 3.05) is 0 Å². The summed E-state index contributed by atoms with van der Waals surface area (Å²) in [5, 5.41) is 16.0. The van der Waals surface area contributed by atoms with Crippen LogP contribution in [0.5, 0.6) is 0 Å². The lowest BCUT2D eigenvalue weighted by molar-refractivity contribution is 0.341. The van der Waals surface area contributed by atoms with Crippen LogP contribution in [-0.2, 0) is 25.9 Å². The standard InChI is InChI=1S/C15H18N6O2/c1-2-12-17-13-6-5-10(9-21(13)20-12)16-8-14-18-19-15(23-14)11-4-3-7-22-11/h3-4,7,10,16H,2,5-6,8-9H2,1H3/t10-/m0/s1. The predicted octanol–water partition coefficient (Wildman–Crippen LogP) is 1.59. The molecule has 0 amide bonds. The highest BCUT2D eigenvalue weighted by molar-refractivity contribution is 5.42. The summed E-state index contributed by atoms with van der Waals surface area (Å²) in [6.07, 6.45) is 4.42. The van der Waals surface area contributed by atoms with Gasteiger partial charge in [0.15, 0.2) is 11.6 Å². The molecule has 8 nitrogen and oxygen atoms in total. The average Bonchev–Trinajstić information content (AvgIpc) is 3.30. The fourth-order valence-electron chi connectivity index (χ4n) is 2.73. The van der Waals surface area contributed by atoms with Gasteiger partial charge >= 0.3 is 0 Å². The van der Waals surface area contributed by atoms with E-state index in [1.165, 1.54) is 0 Å². The fourth-order valence-corrected chi connectivity index (χ4v) is 2.73. The zero-order valence-corrected chi connectivity index (χ0v) is 12.9. The van der Waals surface area contributed by atoms with Crippen LogP contribution >= 0.6 is 0 Å². The van der Waals surface area contributed by atoms with Crippen molar-refractivity contribution in [3.63, 3.8) is 0 Å². The molecule has 0 fully saturated rings. The average molecular weight is 314 g/mol. The Morgan fingerprint density at radius 2 is 2.35 bits per heavy atom. The number of furan rings is 1. The van der Waals surface area contributed by atoms with Crippen LogP contribution in [-0.4, -0.2) is 31.0 Å². The summed E-state index contributed by atoms with van der Waals surface area (Å²) >= 11 is 0. The Hall–Kier alpha value is -2.48. The molecule has 23 heavy (non-hydrogen) atoms. The number of aryl methyl sites for hydroxylation is 2. The highest BCUT2D eigenvalue weighted by atomic mass is 16.4. The van der Waals surface area contributed by atoms with Crippen molar-refractivity contribution in [2.45, 2.75) is 45.3 Å². The Balaban J connectivity index is 1.36. The monoisotopic (exact) mass is 314 g/mol. The summed E-state index contributed by atoms with van der Waals surface area (Å²) < 4.78 is 12.8. The van der Waals surface area contributed by atoms with Crippen molar-refractivity contribution >= 4 is 0 Å². The summed E-state index contributed by atoms with van der Waals surface area (Å²) in [4.78, 5) is 4.53. The molecule has 4 rings (SSSR count). The number of hydrogen-bond donors (Lipinski definition) is 1. The highest BCUT2D eigenvalue weighted by Gasteiger charge is 2.21. The molecule has 8 heteroatoms. The molecule has 3 aromatic heterocycles. The van der Waals surface area contributed by atoms with Crippen molar-refractivity contribution in [1.29, 1.82) is 0 Å². The molecule has 0 radical (unpaired) electrons. The third-order valence-corrected chi connectivity index (χ3v) is 3.96. The molecule has 1 aliphatic rings. The van der Waals surface area contributed by atoms with Crippen LogP contribution in [0.25, 0.3) is 11.7 Å². The van der Waals surface area contributed by atoms with Crippen molar-refractivity contribution < 1.29 is 8.83 Å². The van der Waals surface area contributed by atoms with E-state index < -0.39 is 0 Å². The SMILES string of the molecule is CCc1nc2n(n1)C[C@@H](NCc1nnc(-c3ccco3)o1)CC2. The van der Waals surface area contributed by atoms with Gasteiger partial charge in [-0.25, -0.2) is 9.67 Å². The Bertz CT molecular complexity index is 776. The first-order chi connectivity index (χ1) is 11.3. The topological polar surface area (TPSA) is 94.8 Å². The van der Waals surface area contributed by atoms with Gasteiger partial charge in [-0.2, -0.15) is 5.10 Å². The first kappa shape index (κ1) is 14.1. The molecular weight excluding hydrogens is 296 g/mol. The van der Waals surface area contributed by atoms with Crippen molar-refractivity contribution in [2.24, 2.45) is 0 Å². The third-order valence-electron chi connectivity index (χ3n) is 3.96. The molecule has 0 unspecified atom stereocenters. The minimum atomic E-state index is 0.327. The summed E-state index contributed by atoms with van der Waals surface area (Å²) in [7, 11) is 0. The molecule has 1 N–H and O–H groups in total. The first-order valence-electron chi connectivity index (χ1n) is 7.84. The highest BCUT2D eigenvalue weighted by Crippen LogP contribution is 2.18. The van der Waals surface area contributed by atoms with E-state index in [0.29, 0.717) is 30.1 Å². The number of nitrogens with zero attached hydrogens (tertiary/aromatic N) is 5. The lowest BCUT2D eigenvalue weighted by Gasteiger charge is -2.22. The zero-order valence-electron chi connectivity index (χ0n) is 12.9. The van der Waals surface area contributed by atoms with E-state index in [9.17, 15) is 0 Å². The van der Waals surface area contributed by atoms with Gasteiger partial charge < -0.3 is 14.2 Å². The minimum Gasteiger partial charge on any atom is -0.459 e. The van der Waals surface area contributed by atoms with E-state index in [-0.39, 0.29) is 0 Å². The van der Waals surface area contributed by atoms with Gasteiger partial charge in [-0.15, -0.1) is 10.2 Å². The van der Waals surface area contributed by atoms with Crippen molar-refractivity contribution in [3.8, 4) is 11.7 Å². The maximum absolute atomic E-state index is 5.60. The summed E-state index contributed by atoms with van der Waals surface area (Å²) in [6.45, 7) is 3.42. The second-order valence-corrected chi connectivity index (χ2v) is 5.57. The Kier molecular flexibility index (Phi) is 3.66. The molecule has 3 aromatic rings. The Morgan fingerprint density at radius 3 is 3.17 bits per heavy atom. The Morgan fingerprint density at radius 1 is 1.39 bits per heavy atom. The fraction of sp³-hybridized carbons (Fsp3) is 0.467. The zero-order chi connectivity index (χ0) is 15.6. The lowest BCUT2D eigenvalue weighted by atomic mass is 10.1. The third kappa shape index (κ3) is 2.89. The van der Waals surface area contributed by atoms with Crippen LogP contribution < -0.4 is 5.32 Å². The molecule has 1 atom stereocenters.